The van der Waals surface area contributed by atoms with Crippen LogP contribution in [0.1, 0.15) is 70.8 Å². The quantitative estimate of drug-likeness (QED) is 0.188. The lowest BCUT2D eigenvalue weighted by Gasteiger charge is -2.40. The molecule has 1 saturated heterocycles. The standard InChI is InChI=1S/C30H41N5O3S/c1-4-5-6-7-8-9-10-17-27(36)34-19-18-33(21-24(34)3)28(37)22-39-30-32-31-29(26-16-13-20-38-26)35(30)25-15-12-11-14-23(25)2/h11-16,20,24H,4-10,17-19,21-22H2,1-3H3. The highest BCUT2D eigenvalue weighted by Gasteiger charge is 2.30. The van der Waals surface area contributed by atoms with Gasteiger partial charge >= 0.3 is 0 Å². The van der Waals surface area contributed by atoms with Crippen molar-refractivity contribution >= 4 is 23.6 Å². The molecular weight excluding hydrogens is 510 g/mol. The maximum atomic E-state index is 13.2. The first-order valence-electron chi connectivity index (χ1n) is 14.2. The molecule has 3 heterocycles. The molecule has 2 amide bonds. The van der Waals surface area contributed by atoms with E-state index in [0.717, 1.165) is 24.1 Å². The monoisotopic (exact) mass is 551 g/mol. The average Bonchev–Trinajstić information content (AvgIpc) is 3.61. The fourth-order valence-electron chi connectivity index (χ4n) is 5.11. The summed E-state index contributed by atoms with van der Waals surface area (Å²) in [5.41, 5.74) is 2.02. The predicted octanol–water partition coefficient (Wildman–Crippen LogP) is 6.13. The first kappa shape index (κ1) is 28.9. The first-order valence-corrected chi connectivity index (χ1v) is 15.2. The van der Waals surface area contributed by atoms with E-state index < -0.39 is 0 Å². The maximum Gasteiger partial charge on any atom is 0.233 e. The number of thioether (sulfide) groups is 1. The van der Waals surface area contributed by atoms with Gasteiger partial charge in [-0.3, -0.25) is 14.2 Å². The highest BCUT2D eigenvalue weighted by Crippen LogP contribution is 2.30. The smallest absolute Gasteiger partial charge is 0.233 e. The van der Waals surface area contributed by atoms with Crippen molar-refractivity contribution in [2.45, 2.75) is 83.3 Å². The number of furan rings is 1. The van der Waals surface area contributed by atoms with Crippen molar-refractivity contribution in [3.05, 3.63) is 48.2 Å². The third-order valence-corrected chi connectivity index (χ3v) is 8.26. The molecule has 0 radical (unpaired) electrons. The number of piperazine rings is 1. The van der Waals surface area contributed by atoms with Crippen LogP contribution in [0.15, 0.2) is 52.2 Å². The molecule has 0 N–H and O–H groups in total. The van der Waals surface area contributed by atoms with Crippen LogP contribution >= 0.6 is 11.8 Å². The molecule has 1 unspecified atom stereocenters. The summed E-state index contributed by atoms with van der Waals surface area (Å²) in [6.45, 7) is 8.02. The SMILES string of the molecule is CCCCCCCCCC(=O)N1CCN(C(=O)CSc2nnc(-c3ccco3)n2-c2ccccc2C)CC1C. The summed E-state index contributed by atoms with van der Waals surface area (Å²) in [4.78, 5) is 29.8. The number of aryl methyl sites for hydroxylation is 1. The van der Waals surface area contributed by atoms with Crippen LogP contribution in [0.3, 0.4) is 0 Å². The minimum Gasteiger partial charge on any atom is -0.461 e. The van der Waals surface area contributed by atoms with Crippen molar-refractivity contribution in [3.63, 3.8) is 0 Å². The van der Waals surface area contributed by atoms with Crippen molar-refractivity contribution < 1.29 is 14.0 Å². The molecule has 1 atom stereocenters. The summed E-state index contributed by atoms with van der Waals surface area (Å²) >= 11 is 1.38. The van der Waals surface area contributed by atoms with E-state index in [2.05, 4.69) is 17.1 Å². The lowest BCUT2D eigenvalue weighted by molar-refractivity contribution is -0.141. The van der Waals surface area contributed by atoms with Crippen LogP contribution in [0.25, 0.3) is 17.3 Å². The van der Waals surface area contributed by atoms with Gasteiger partial charge in [0, 0.05) is 32.1 Å². The Morgan fingerprint density at radius 3 is 2.46 bits per heavy atom. The molecule has 39 heavy (non-hydrogen) atoms. The van der Waals surface area contributed by atoms with Gasteiger partial charge in [0.05, 0.1) is 17.7 Å². The van der Waals surface area contributed by atoms with E-state index in [1.807, 2.05) is 64.6 Å². The van der Waals surface area contributed by atoms with Gasteiger partial charge in [0.15, 0.2) is 10.9 Å². The van der Waals surface area contributed by atoms with Crippen molar-refractivity contribution in [2.75, 3.05) is 25.4 Å². The number of carbonyl (C=O) groups excluding carboxylic acids is 2. The Balaban J connectivity index is 1.31. The summed E-state index contributed by atoms with van der Waals surface area (Å²) in [6, 6.07) is 11.7. The topological polar surface area (TPSA) is 84.5 Å². The Hall–Kier alpha value is -3.07. The first-order chi connectivity index (χ1) is 19.0. The van der Waals surface area contributed by atoms with Gasteiger partial charge in [-0.2, -0.15) is 0 Å². The molecule has 0 bridgehead atoms. The van der Waals surface area contributed by atoms with Crippen molar-refractivity contribution in [1.29, 1.82) is 0 Å². The van der Waals surface area contributed by atoms with E-state index in [1.165, 1.54) is 43.9 Å². The minimum absolute atomic E-state index is 0.0194. The highest BCUT2D eigenvalue weighted by atomic mass is 32.2. The zero-order chi connectivity index (χ0) is 27.6. The van der Waals surface area contributed by atoms with E-state index in [-0.39, 0.29) is 23.6 Å². The molecule has 0 spiro atoms. The van der Waals surface area contributed by atoms with Crippen LogP contribution in [0.4, 0.5) is 0 Å². The lowest BCUT2D eigenvalue weighted by atomic mass is 10.1. The molecule has 4 rings (SSSR count). The molecule has 1 aliphatic rings. The van der Waals surface area contributed by atoms with Crippen molar-refractivity contribution in [1.82, 2.24) is 24.6 Å². The van der Waals surface area contributed by atoms with Crippen LogP contribution in [0.5, 0.6) is 0 Å². The number of para-hydroxylation sites is 1. The number of benzene rings is 1. The van der Waals surface area contributed by atoms with E-state index in [0.29, 0.717) is 42.8 Å². The Bertz CT molecular complexity index is 1210. The predicted molar refractivity (Wildman–Crippen MR) is 155 cm³/mol. The van der Waals surface area contributed by atoms with E-state index >= 15 is 0 Å². The van der Waals surface area contributed by atoms with Gasteiger partial charge in [-0.05, 0) is 44.0 Å². The van der Waals surface area contributed by atoms with Gasteiger partial charge in [-0.15, -0.1) is 10.2 Å². The summed E-state index contributed by atoms with van der Waals surface area (Å²) in [7, 11) is 0. The zero-order valence-corrected chi connectivity index (χ0v) is 24.3. The zero-order valence-electron chi connectivity index (χ0n) is 23.5. The third kappa shape index (κ3) is 7.53. The molecule has 0 aliphatic carbocycles. The van der Waals surface area contributed by atoms with E-state index in [1.54, 1.807) is 6.26 Å². The lowest BCUT2D eigenvalue weighted by Crippen LogP contribution is -2.55. The molecule has 1 aliphatic heterocycles. The summed E-state index contributed by atoms with van der Waals surface area (Å²) < 4.78 is 7.56. The summed E-state index contributed by atoms with van der Waals surface area (Å²) in [6.07, 6.45) is 10.6. The fourth-order valence-corrected chi connectivity index (χ4v) is 5.96. The van der Waals surface area contributed by atoms with Crippen LogP contribution in [-0.4, -0.2) is 67.8 Å². The number of aromatic nitrogens is 3. The van der Waals surface area contributed by atoms with Gasteiger partial charge in [0.25, 0.3) is 0 Å². The van der Waals surface area contributed by atoms with Crippen LogP contribution < -0.4 is 0 Å². The number of unbranched alkanes of at least 4 members (excludes halogenated alkanes) is 6. The second-order valence-corrected chi connectivity index (χ2v) is 11.3. The molecule has 3 aromatic rings. The normalized spacial score (nSPS) is 15.6. The summed E-state index contributed by atoms with van der Waals surface area (Å²) in [5, 5.41) is 9.43. The number of carbonyl (C=O) groups is 2. The summed E-state index contributed by atoms with van der Waals surface area (Å²) in [5.74, 6) is 1.74. The molecule has 0 saturated carbocycles. The van der Waals surface area contributed by atoms with Gasteiger partial charge in [0.2, 0.25) is 17.6 Å². The number of rotatable bonds is 13. The number of amides is 2. The Morgan fingerprint density at radius 2 is 1.74 bits per heavy atom. The Kier molecular flexibility index (Phi) is 10.6. The van der Waals surface area contributed by atoms with Crippen LogP contribution in [0, 0.1) is 6.92 Å². The van der Waals surface area contributed by atoms with E-state index in [9.17, 15) is 9.59 Å². The van der Waals surface area contributed by atoms with Gasteiger partial charge in [-0.1, -0.05) is 75.4 Å². The van der Waals surface area contributed by atoms with E-state index in [4.69, 9.17) is 4.42 Å². The van der Waals surface area contributed by atoms with Gasteiger partial charge < -0.3 is 14.2 Å². The van der Waals surface area contributed by atoms with Crippen LogP contribution in [-0.2, 0) is 9.59 Å². The van der Waals surface area contributed by atoms with Gasteiger partial charge in [-0.25, -0.2) is 0 Å². The molecular formula is C30H41N5O3S. The third-order valence-electron chi connectivity index (χ3n) is 7.35. The van der Waals surface area contributed by atoms with Crippen molar-refractivity contribution in [2.24, 2.45) is 0 Å². The fraction of sp³-hybridized carbons (Fsp3) is 0.533. The Morgan fingerprint density at radius 1 is 0.974 bits per heavy atom. The maximum absolute atomic E-state index is 13.2. The molecule has 1 fully saturated rings. The molecule has 8 nitrogen and oxygen atoms in total. The largest absolute Gasteiger partial charge is 0.461 e. The van der Waals surface area contributed by atoms with Gasteiger partial charge in [0.1, 0.15) is 0 Å². The average molecular weight is 552 g/mol. The second-order valence-electron chi connectivity index (χ2n) is 10.3. The second kappa shape index (κ2) is 14.4. The minimum atomic E-state index is 0.0194. The highest BCUT2D eigenvalue weighted by molar-refractivity contribution is 7.99. The molecule has 1 aromatic carbocycles. The number of nitrogens with zero attached hydrogens (tertiary/aromatic N) is 5. The number of hydrogen-bond acceptors (Lipinski definition) is 6. The van der Waals surface area contributed by atoms with Crippen molar-refractivity contribution in [3.8, 4) is 17.3 Å². The number of hydrogen-bond donors (Lipinski definition) is 0. The molecule has 2 aromatic heterocycles. The Labute approximate surface area is 236 Å². The molecule has 9 heteroatoms. The van der Waals surface area contributed by atoms with Crippen LogP contribution in [0.2, 0.25) is 0 Å². The molecule has 210 valence electrons.